The second-order valence-electron chi connectivity index (χ2n) is 4.97. The third-order valence-electron chi connectivity index (χ3n) is 3.19. The van der Waals surface area contributed by atoms with Crippen LogP contribution < -0.4 is 10.6 Å². The number of aryl methyl sites for hydroxylation is 2. The summed E-state index contributed by atoms with van der Waals surface area (Å²) in [4.78, 5) is 11.4. The number of nitrogens with one attached hydrogen (secondary N) is 2. The Bertz CT molecular complexity index is 696. The lowest BCUT2D eigenvalue weighted by molar-refractivity contribution is 0.0601. The third kappa shape index (κ3) is 4.05. The zero-order valence-corrected chi connectivity index (χ0v) is 13.6. The molecule has 2 aromatic carbocycles. The number of esters is 1. The fourth-order valence-electron chi connectivity index (χ4n) is 2.05. The highest BCUT2D eigenvalue weighted by atomic mass is 32.1. The van der Waals surface area contributed by atoms with Gasteiger partial charge in [-0.1, -0.05) is 17.7 Å². The molecule has 0 amide bonds. The summed E-state index contributed by atoms with van der Waals surface area (Å²) in [6.07, 6.45) is 0. The summed E-state index contributed by atoms with van der Waals surface area (Å²) in [6.45, 7) is 4.08. The Morgan fingerprint density at radius 1 is 1.05 bits per heavy atom. The van der Waals surface area contributed by atoms with Crippen LogP contribution in [0.25, 0.3) is 0 Å². The smallest absolute Gasteiger partial charge is 0.337 e. The van der Waals surface area contributed by atoms with Gasteiger partial charge < -0.3 is 15.4 Å². The van der Waals surface area contributed by atoms with E-state index < -0.39 is 0 Å². The van der Waals surface area contributed by atoms with Gasteiger partial charge in [-0.25, -0.2) is 4.79 Å². The molecule has 0 fully saturated rings. The Kier molecular flexibility index (Phi) is 5.12. The molecule has 0 saturated heterocycles. The molecule has 0 saturated carbocycles. The molecule has 0 atom stereocenters. The maximum atomic E-state index is 11.4. The van der Waals surface area contributed by atoms with E-state index in [1.807, 2.05) is 19.1 Å². The molecule has 0 bridgehead atoms. The number of benzene rings is 2. The summed E-state index contributed by atoms with van der Waals surface area (Å²) in [5.74, 6) is -0.359. The molecule has 0 spiro atoms. The Morgan fingerprint density at radius 3 is 2.32 bits per heavy atom. The number of anilines is 2. The monoisotopic (exact) mass is 314 g/mol. The Morgan fingerprint density at radius 2 is 1.73 bits per heavy atom. The maximum Gasteiger partial charge on any atom is 0.337 e. The quantitative estimate of drug-likeness (QED) is 0.665. The van der Waals surface area contributed by atoms with Gasteiger partial charge in [-0.05, 0) is 62.0 Å². The first-order valence-corrected chi connectivity index (χ1v) is 7.24. The van der Waals surface area contributed by atoms with Gasteiger partial charge in [-0.2, -0.15) is 0 Å². The van der Waals surface area contributed by atoms with Crippen LogP contribution in [0.3, 0.4) is 0 Å². The van der Waals surface area contributed by atoms with Gasteiger partial charge in [-0.3, -0.25) is 0 Å². The molecule has 0 aliphatic rings. The molecular formula is C17H18N2O2S. The Hall–Kier alpha value is -2.40. The van der Waals surface area contributed by atoms with Crippen molar-refractivity contribution < 1.29 is 9.53 Å². The fourth-order valence-corrected chi connectivity index (χ4v) is 2.27. The van der Waals surface area contributed by atoms with Crippen molar-refractivity contribution in [1.29, 1.82) is 0 Å². The topological polar surface area (TPSA) is 50.4 Å². The highest BCUT2D eigenvalue weighted by Gasteiger charge is 2.06. The first-order chi connectivity index (χ1) is 10.5. The highest BCUT2D eigenvalue weighted by Crippen LogP contribution is 2.17. The highest BCUT2D eigenvalue weighted by molar-refractivity contribution is 7.80. The minimum absolute atomic E-state index is 0.359. The number of rotatable bonds is 3. The van der Waals surface area contributed by atoms with E-state index in [2.05, 4.69) is 28.4 Å². The van der Waals surface area contributed by atoms with Crippen LogP contribution in [0.1, 0.15) is 21.5 Å². The number of hydrogen-bond acceptors (Lipinski definition) is 3. The molecule has 0 unspecified atom stereocenters. The van der Waals surface area contributed by atoms with E-state index in [1.54, 1.807) is 24.3 Å². The second-order valence-corrected chi connectivity index (χ2v) is 5.37. The molecule has 2 rings (SSSR count). The van der Waals surface area contributed by atoms with E-state index in [-0.39, 0.29) is 5.97 Å². The standard InChI is InChI=1S/C17H18N2O2S/c1-11-4-9-15(12(2)10-11)19-17(22)18-14-7-5-13(6-8-14)16(20)21-3/h4-10H,1-3H3,(H2,18,19,22). The first kappa shape index (κ1) is 16.0. The molecular weight excluding hydrogens is 296 g/mol. The molecule has 0 aromatic heterocycles. The van der Waals surface area contributed by atoms with Gasteiger partial charge in [0.1, 0.15) is 0 Å². The van der Waals surface area contributed by atoms with E-state index in [0.717, 1.165) is 16.9 Å². The normalized spacial score (nSPS) is 9.95. The van der Waals surface area contributed by atoms with Crippen LogP contribution in [0.5, 0.6) is 0 Å². The summed E-state index contributed by atoms with van der Waals surface area (Å²) in [6, 6.07) is 13.1. The van der Waals surface area contributed by atoms with Gasteiger partial charge in [0.25, 0.3) is 0 Å². The van der Waals surface area contributed by atoms with Crippen molar-refractivity contribution >= 4 is 34.7 Å². The fraction of sp³-hybridized carbons (Fsp3) is 0.176. The molecule has 0 radical (unpaired) electrons. The average molecular weight is 314 g/mol. The van der Waals surface area contributed by atoms with E-state index in [4.69, 9.17) is 12.2 Å². The summed E-state index contributed by atoms with van der Waals surface area (Å²) >= 11 is 5.30. The van der Waals surface area contributed by atoms with Gasteiger partial charge >= 0.3 is 5.97 Å². The molecule has 22 heavy (non-hydrogen) atoms. The van der Waals surface area contributed by atoms with Gasteiger partial charge in [-0.15, -0.1) is 0 Å². The van der Waals surface area contributed by atoms with Crippen LogP contribution in [0.15, 0.2) is 42.5 Å². The van der Waals surface area contributed by atoms with Crippen LogP contribution >= 0.6 is 12.2 Å². The van der Waals surface area contributed by atoms with E-state index in [9.17, 15) is 4.79 Å². The minimum atomic E-state index is -0.359. The van der Waals surface area contributed by atoms with E-state index in [0.29, 0.717) is 10.7 Å². The number of ether oxygens (including phenoxy) is 1. The molecule has 0 aliphatic heterocycles. The maximum absolute atomic E-state index is 11.4. The molecule has 5 heteroatoms. The Labute approximate surface area is 135 Å². The summed E-state index contributed by atoms with van der Waals surface area (Å²) in [7, 11) is 1.36. The van der Waals surface area contributed by atoms with Crippen molar-refractivity contribution in [2.45, 2.75) is 13.8 Å². The van der Waals surface area contributed by atoms with Crippen molar-refractivity contribution in [3.05, 3.63) is 59.2 Å². The second kappa shape index (κ2) is 7.04. The number of methoxy groups -OCH3 is 1. The molecule has 4 nitrogen and oxygen atoms in total. The molecule has 2 aromatic rings. The largest absolute Gasteiger partial charge is 0.465 e. The van der Waals surface area contributed by atoms with Crippen molar-refractivity contribution in [2.24, 2.45) is 0 Å². The van der Waals surface area contributed by atoms with Crippen LogP contribution in [-0.4, -0.2) is 18.2 Å². The number of thiocarbonyl (C=S) groups is 1. The lowest BCUT2D eigenvalue weighted by Crippen LogP contribution is -2.19. The first-order valence-electron chi connectivity index (χ1n) is 6.83. The molecule has 0 heterocycles. The lowest BCUT2D eigenvalue weighted by Gasteiger charge is -2.13. The van der Waals surface area contributed by atoms with Gasteiger partial charge in [0.2, 0.25) is 0 Å². The lowest BCUT2D eigenvalue weighted by atomic mass is 10.1. The predicted octanol–water partition coefficient (Wildman–Crippen LogP) is 3.90. The predicted molar refractivity (Wildman–Crippen MR) is 93.5 cm³/mol. The van der Waals surface area contributed by atoms with E-state index in [1.165, 1.54) is 12.7 Å². The zero-order valence-electron chi connectivity index (χ0n) is 12.8. The van der Waals surface area contributed by atoms with Crippen molar-refractivity contribution in [1.82, 2.24) is 0 Å². The SMILES string of the molecule is COC(=O)c1ccc(NC(=S)Nc2ccc(C)cc2C)cc1. The van der Waals surface area contributed by atoms with Gasteiger partial charge in [0.05, 0.1) is 12.7 Å². The third-order valence-corrected chi connectivity index (χ3v) is 3.40. The minimum Gasteiger partial charge on any atom is -0.465 e. The number of carbonyl (C=O) groups excluding carboxylic acids is 1. The van der Waals surface area contributed by atoms with Crippen LogP contribution in [-0.2, 0) is 4.74 Å². The van der Waals surface area contributed by atoms with Crippen molar-refractivity contribution in [3.63, 3.8) is 0 Å². The summed E-state index contributed by atoms with van der Waals surface area (Å²) in [5.41, 5.74) is 4.61. The molecule has 114 valence electrons. The average Bonchev–Trinajstić information content (AvgIpc) is 2.50. The number of hydrogen-bond donors (Lipinski definition) is 2. The van der Waals surface area contributed by atoms with Crippen molar-refractivity contribution in [2.75, 3.05) is 17.7 Å². The van der Waals surface area contributed by atoms with E-state index >= 15 is 0 Å². The van der Waals surface area contributed by atoms with Gasteiger partial charge in [0, 0.05) is 11.4 Å². The molecule has 0 aliphatic carbocycles. The van der Waals surface area contributed by atoms with Crippen LogP contribution in [0, 0.1) is 13.8 Å². The Balaban J connectivity index is 2.01. The zero-order chi connectivity index (χ0) is 16.1. The number of carbonyl (C=O) groups is 1. The summed E-state index contributed by atoms with van der Waals surface area (Å²) in [5, 5.41) is 6.75. The van der Waals surface area contributed by atoms with Gasteiger partial charge in [0.15, 0.2) is 5.11 Å². The van der Waals surface area contributed by atoms with Crippen molar-refractivity contribution in [3.8, 4) is 0 Å². The molecule has 2 N–H and O–H groups in total. The summed E-state index contributed by atoms with van der Waals surface area (Å²) < 4.78 is 4.66. The van der Waals surface area contributed by atoms with Crippen LogP contribution in [0.4, 0.5) is 11.4 Å². The van der Waals surface area contributed by atoms with Crippen LogP contribution in [0.2, 0.25) is 0 Å².